The van der Waals surface area contributed by atoms with Crippen LogP contribution < -0.4 is 15.0 Å². The Kier molecular flexibility index (Phi) is 4.84. The van der Waals surface area contributed by atoms with Crippen LogP contribution in [-0.4, -0.2) is 43.2 Å². The molecule has 3 aliphatic rings. The first-order valence-corrected chi connectivity index (χ1v) is 10.2. The van der Waals surface area contributed by atoms with Crippen molar-refractivity contribution >= 4 is 11.9 Å². The number of quaternary nitrogens is 1. The third kappa shape index (κ3) is 3.20. The van der Waals surface area contributed by atoms with E-state index in [1.165, 1.54) is 48.3 Å². The number of hydrogen-bond donors (Lipinski definition) is 2. The Hall–Kier alpha value is -2.08. The summed E-state index contributed by atoms with van der Waals surface area (Å²) in [7, 11) is 1.60. The predicted octanol–water partition coefficient (Wildman–Crippen LogP) is 1.66. The maximum absolute atomic E-state index is 13.3. The number of hydrogen-bond acceptors (Lipinski definition) is 3. The monoisotopic (exact) mass is 372 g/mol. The fraction of sp³-hybridized carbons (Fsp3) is 0.619. The van der Waals surface area contributed by atoms with Crippen molar-refractivity contribution in [3.8, 4) is 5.75 Å². The van der Waals surface area contributed by atoms with Gasteiger partial charge >= 0.3 is 6.03 Å². The van der Waals surface area contributed by atoms with Gasteiger partial charge in [0.25, 0.3) is 5.91 Å². The SMILES string of the molecule is COc1cccc([C@]2(C)NC(=O)N(C[NH+]3CCC[C@H]4CCCC[C@@H]43)C2=O)c1. The van der Waals surface area contributed by atoms with E-state index >= 15 is 0 Å². The van der Waals surface area contributed by atoms with E-state index in [4.69, 9.17) is 4.74 Å². The second kappa shape index (κ2) is 7.15. The van der Waals surface area contributed by atoms with Crippen molar-refractivity contribution < 1.29 is 19.2 Å². The number of methoxy groups -OCH3 is 1. The molecule has 3 fully saturated rings. The number of imide groups is 1. The number of nitrogens with one attached hydrogen (secondary N) is 2. The molecular weight excluding hydrogens is 342 g/mol. The summed E-state index contributed by atoms with van der Waals surface area (Å²) < 4.78 is 5.29. The van der Waals surface area contributed by atoms with Gasteiger partial charge in [0.1, 0.15) is 11.3 Å². The van der Waals surface area contributed by atoms with Gasteiger partial charge in [-0.1, -0.05) is 18.6 Å². The second-order valence-electron chi connectivity index (χ2n) is 8.38. The van der Waals surface area contributed by atoms with E-state index in [1.807, 2.05) is 24.3 Å². The lowest BCUT2D eigenvalue weighted by Crippen LogP contribution is -3.19. The third-order valence-electron chi connectivity index (χ3n) is 6.79. The topological polar surface area (TPSA) is 63.1 Å². The van der Waals surface area contributed by atoms with Crippen molar-refractivity contribution in [1.29, 1.82) is 0 Å². The Morgan fingerprint density at radius 2 is 2.00 bits per heavy atom. The van der Waals surface area contributed by atoms with E-state index in [1.54, 1.807) is 14.0 Å². The molecule has 0 spiro atoms. The molecule has 2 heterocycles. The Labute approximate surface area is 160 Å². The summed E-state index contributed by atoms with van der Waals surface area (Å²) in [6.45, 7) is 3.32. The minimum absolute atomic E-state index is 0.161. The van der Waals surface area contributed by atoms with Gasteiger partial charge in [-0.05, 0) is 56.7 Å². The van der Waals surface area contributed by atoms with Gasteiger partial charge in [0.05, 0.1) is 19.7 Å². The number of carbonyl (C=O) groups is 2. The van der Waals surface area contributed by atoms with E-state index in [9.17, 15) is 9.59 Å². The standard InChI is InChI=1S/C21H29N3O3/c1-21(16-9-5-10-17(13-16)27-2)19(25)24(20(26)22-21)14-23-12-6-8-15-7-3-4-11-18(15)23/h5,9-10,13,15,18H,3-4,6-8,11-12,14H2,1-2H3,(H,22,26)/p+1/t15-,18+,21+/m1/s1. The normalized spacial score (nSPS) is 33.6. The Morgan fingerprint density at radius 3 is 2.81 bits per heavy atom. The Bertz CT molecular complexity index is 735. The molecule has 0 bridgehead atoms. The van der Waals surface area contributed by atoms with Crippen molar-refractivity contribution in [1.82, 2.24) is 10.2 Å². The number of carbonyl (C=O) groups excluding carboxylic acids is 2. The summed E-state index contributed by atoms with van der Waals surface area (Å²) in [5.74, 6) is 1.28. The zero-order valence-corrected chi connectivity index (χ0v) is 16.3. The summed E-state index contributed by atoms with van der Waals surface area (Å²) in [5.41, 5.74) is -0.279. The molecule has 2 aliphatic heterocycles. The molecule has 0 aromatic heterocycles. The van der Waals surface area contributed by atoms with Crippen molar-refractivity contribution in [2.24, 2.45) is 5.92 Å². The van der Waals surface area contributed by atoms with Crippen molar-refractivity contribution in [3.05, 3.63) is 29.8 Å². The van der Waals surface area contributed by atoms with Crippen LogP contribution in [0.4, 0.5) is 4.79 Å². The maximum atomic E-state index is 13.3. The fourth-order valence-electron chi connectivity index (χ4n) is 5.24. The Balaban J connectivity index is 1.54. The largest absolute Gasteiger partial charge is 0.497 e. The minimum Gasteiger partial charge on any atom is -0.497 e. The average Bonchev–Trinajstić information content (AvgIpc) is 2.92. The van der Waals surface area contributed by atoms with E-state index in [2.05, 4.69) is 5.32 Å². The van der Waals surface area contributed by atoms with Gasteiger partial charge in [-0.15, -0.1) is 0 Å². The summed E-state index contributed by atoms with van der Waals surface area (Å²) in [6.07, 6.45) is 7.60. The van der Waals surface area contributed by atoms with Gasteiger partial charge in [-0.3, -0.25) is 4.79 Å². The maximum Gasteiger partial charge on any atom is 0.329 e. The van der Waals surface area contributed by atoms with Crippen LogP contribution in [0.3, 0.4) is 0 Å². The number of piperidine rings is 1. The highest BCUT2D eigenvalue weighted by molar-refractivity contribution is 6.07. The first-order valence-electron chi connectivity index (χ1n) is 10.2. The van der Waals surface area contributed by atoms with Crippen LogP contribution in [0.2, 0.25) is 0 Å². The average molecular weight is 372 g/mol. The predicted molar refractivity (Wildman–Crippen MR) is 101 cm³/mol. The summed E-state index contributed by atoms with van der Waals surface area (Å²) in [5, 5.41) is 2.93. The first kappa shape index (κ1) is 18.3. The quantitative estimate of drug-likeness (QED) is 0.790. The van der Waals surface area contributed by atoms with Crippen LogP contribution in [0.5, 0.6) is 5.75 Å². The van der Waals surface area contributed by atoms with Crippen LogP contribution in [0.1, 0.15) is 51.0 Å². The highest BCUT2D eigenvalue weighted by Crippen LogP contribution is 2.31. The van der Waals surface area contributed by atoms with Crippen LogP contribution >= 0.6 is 0 Å². The number of rotatable bonds is 4. The van der Waals surface area contributed by atoms with Crippen LogP contribution in [0.25, 0.3) is 0 Å². The summed E-state index contributed by atoms with van der Waals surface area (Å²) >= 11 is 0. The smallest absolute Gasteiger partial charge is 0.329 e. The molecule has 3 amide bonds. The third-order valence-corrected chi connectivity index (χ3v) is 6.79. The van der Waals surface area contributed by atoms with Gasteiger partial charge in [-0.2, -0.15) is 0 Å². The molecule has 1 saturated carbocycles. The van der Waals surface area contributed by atoms with Gasteiger partial charge in [0, 0.05) is 5.92 Å². The van der Waals surface area contributed by atoms with Crippen molar-refractivity contribution in [2.75, 3.05) is 20.3 Å². The molecule has 2 N–H and O–H groups in total. The zero-order chi connectivity index (χ0) is 19.0. The van der Waals surface area contributed by atoms with E-state index in [0.717, 1.165) is 18.0 Å². The summed E-state index contributed by atoms with van der Waals surface area (Å²) in [6, 6.07) is 7.70. The molecule has 4 atom stereocenters. The molecule has 0 radical (unpaired) electrons. The molecule has 1 unspecified atom stereocenters. The molecule has 2 saturated heterocycles. The first-order chi connectivity index (χ1) is 13.0. The van der Waals surface area contributed by atoms with E-state index < -0.39 is 5.54 Å². The van der Waals surface area contributed by atoms with E-state index in [-0.39, 0.29) is 11.9 Å². The molecule has 27 heavy (non-hydrogen) atoms. The number of fused-ring (bicyclic) bond motifs is 1. The minimum atomic E-state index is -1.03. The van der Waals surface area contributed by atoms with Crippen LogP contribution in [0, 0.1) is 5.92 Å². The fourth-order valence-corrected chi connectivity index (χ4v) is 5.24. The van der Waals surface area contributed by atoms with Crippen LogP contribution in [0.15, 0.2) is 24.3 Å². The van der Waals surface area contributed by atoms with Gasteiger partial charge in [0.15, 0.2) is 6.67 Å². The lowest BCUT2D eigenvalue weighted by Gasteiger charge is -2.42. The van der Waals surface area contributed by atoms with Gasteiger partial charge in [-0.25, -0.2) is 9.69 Å². The van der Waals surface area contributed by atoms with E-state index in [0.29, 0.717) is 18.5 Å². The molecule has 1 aromatic carbocycles. The molecule has 1 aliphatic carbocycles. The molecule has 6 nitrogen and oxygen atoms in total. The van der Waals surface area contributed by atoms with Crippen molar-refractivity contribution in [3.63, 3.8) is 0 Å². The van der Waals surface area contributed by atoms with Crippen molar-refractivity contribution in [2.45, 2.75) is 57.0 Å². The number of nitrogens with zero attached hydrogens (tertiary/aromatic N) is 1. The lowest BCUT2D eigenvalue weighted by molar-refractivity contribution is -0.942. The van der Waals surface area contributed by atoms with Crippen LogP contribution in [-0.2, 0) is 10.3 Å². The number of amides is 3. The molecule has 4 rings (SSSR count). The highest BCUT2D eigenvalue weighted by atomic mass is 16.5. The number of ether oxygens (including phenoxy) is 1. The summed E-state index contributed by atoms with van der Waals surface area (Å²) in [4.78, 5) is 28.8. The number of urea groups is 1. The second-order valence-corrected chi connectivity index (χ2v) is 8.38. The molecule has 6 heteroatoms. The Morgan fingerprint density at radius 1 is 1.22 bits per heavy atom. The number of likely N-dealkylation sites (tertiary alicyclic amines) is 1. The molecule has 1 aromatic rings. The zero-order valence-electron chi connectivity index (χ0n) is 16.3. The van der Waals surface area contributed by atoms with Gasteiger partial charge in [0.2, 0.25) is 0 Å². The molecule has 146 valence electrons. The lowest BCUT2D eigenvalue weighted by atomic mass is 9.78. The molecular formula is C21H30N3O3+. The highest BCUT2D eigenvalue weighted by Gasteiger charge is 2.51. The number of benzene rings is 1. The van der Waals surface area contributed by atoms with Gasteiger partial charge < -0.3 is 15.0 Å².